The number of hydrogen-bond donors (Lipinski definition) is 0. The van der Waals surface area contributed by atoms with Crippen LogP contribution < -0.4 is 24.8 Å². The van der Waals surface area contributed by atoms with Gasteiger partial charge in [0, 0.05) is 0 Å². The van der Waals surface area contributed by atoms with Gasteiger partial charge in [0.05, 0.1) is 0 Å². The van der Waals surface area contributed by atoms with E-state index in [9.17, 15) is 0 Å². The predicted molar refractivity (Wildman–Crippen MR) is 111 cm³/mol. The maximum absolute atomic E-state index is 2.24. The molecule has 0 nitrogen and oxygen atoms in total. The monoisotopic (exact) mass is 444 g/mol. The fraction of sp³-hybridized carbons (Fsp3) is 0.200. The molecule has 144 valence electrons. The first kappa shape index (κ1) is 26.7. The van der Waals surface area contributed by atoms with E-state index < -0.39 is 0 Å². The molecule has 0 radical (unpaired) electrons. The molecule has 0 amide bonds. The van der Waals surface area contributed by atoms with Crippen LogP contribution in [-0.4, -0.2) is 0 Å². The van der Waals surface area contributed by atoms with Crippen LogP contribution in [0.1, 0.15) is 27.8 Å². The molecule has 0 aliphatic heterocycles. The largest absolute Gasteiger partial charge is 4.00 e. The van der Waals surface area contributed by atoms with E-state index in [1.807, 2.05) is 6.07 Å². The topological polar surface area (TPSA) is 0 Å². The van der Waals surface area contributed by atoms with E-state index >= 15 is 0 Å². The third-order valence-corrected chi connectivity index (χ3v) is 5.54. The van der Waals surface area contributed by atoms with E-state index in [2.05, 4.69) is 95.3 Å². The van der Waals surface area contributed by atoms with Gasteiger partial charge in [-0.1, -0.05) is 88.7 Å². The molecule has 0 aromatic heterocycles. The van der Waals surface area contributed by atoms with Crippen LogP contribution in [0, 0.1) is 34.6 Å². The maximum Gasteiger partial charge on any atom is 4.00 e. The van der Waals surface area contributed by atoms with E-state index in [1.165, 1.54) is 49.7 Å². The number of hydrogen-bond acceptors (Lipinski definition) is 0. The van der Waals surface area contributed by atoms with Crippen LogP contribution in [-0.2, 0) is 21.7 Å². The quantitative estimate of drug-likeness (QED) is 0.305. The van der Waals surface area contributed by atoms with Gasteiger partial charge in [0.2, 0.25) is 0 Å². The van der Waals surface area contributed by atoms with Gasteiger partial charge in [-0.25, -0.2) is 0 Å². The number of halogens is 2. The standard InChI is InChI=1S/C15H11.C10H15.2ClH.Ti/c1-2-6-12(7-3-1)15-10-13-8-4-5-9-14(13)11-15;1-6-7(2)9(4)10(5)8(6)3;;;/h1-11H;1-5H3;2*1H;/q2*-1;;;+4/p-2. The molecule has 0 heterocycles. The zero-order valence-electron chi connectivity index (χ0n) is 17.1. The molecule has 4 rings (SSSR count). The second-order valence-corrected chi connectivity index (χ2v) is 6.86. The summed E-state index contributed by atoms with van der Waals surface area (Å²) in [4.78, 5) is 0. The molecule has 0 saturated carbocycles. The Kier molecular flexibility index (Phi) is 11.1. The minimum absolute atomic E-state index is 0. The molecule has 0 saturated heterocycles. The zero-order valence-corrected chi connectivity index (χ0v) is 20.2. The molecule has 0 spiro atoms. The second-order valence-electron chi connectivity index (χ2n) is 6.86. The van der Waals surface area contributed by atoms with Gasteiger partial charge in [-0.15, -0.1) is 34.5 Å². The third kappa shape index (κ3) is 5.61. The van der Waals surface area contributed by atoms with Gasteiger partial charge in [-0.05, 0) is 0 Å². The first-order chi connectivity index (χ1) is 12.0. The summed E-state index contributed by atoms with van der Waals surface area (Å²) in [5, 5.41) is 2.63. The summed E-state index contributed by atoms with van der Waals surface area (Å²) in [5.41, 5.74) is 9.93. The summed E-state index contributed by atoms with van der Waals surface area (Å²) >= 11 is 0. The van der Waals surface area contributed by atoms with E-state index in [1.54, 1.807) is 0 Å². The van der Waals surface area contributed by atoms with Crippen molar-refractivity contribution in [2.45, 2.75) is 34.6 Å². The number of rotatable bonds is 1. The van der Waals surface area contributed by atoms with Crippen LogP contribution in [0.25, 0.3) is 21.9 Å². The van der Waals surface area contributed by atoms with Gasteiger partial charge < -0.3 is 24.8 Å². The molecule has 0 aliphatic rings. The molecular formula is C25H26Cl2Ti. The van der Waals surface area contributed by atoms with Crippen molar-refractivity contribution in [2.75, 3.05) is 0 Å². The summed E-state index contributed by atoms with van der Waals surface area (Å²) in [5.74, 6) is 0. The summed E-state index contributed by atoms with van der Waals surface area (Å²) in [6.07, 6.45) is 0. The van der Waals surface area contributed by atoms with Crippen LogP contribution >= 0.6 is 0 Å². The molecule has 0 N–H and O–H groups in total. The van der Waals surface area contributed by atoms with Crippen molar-refractivity contribution in [1.82, 2.24) is 0 Å². The summed E-state index contributed by atoms with van der Waals surface area (Å²) < 4.78 is 0. The van der Waals surface area contributed by atoms with Crippen LogP contribution in [0.3, 0.4) is 0 Å². The fourth-order valence-electron chi connectivity index (χ4n) is 3.35. The normalized spacial score (nSPS) is 9.46. The molecule has 4 aromatic rings. The molecule has 3 heteroatoms. The average Bonchev–Trinajstić information content (AvgIpc) is 3.16. The Labute approximate surface area is 196 Å². The van der Waals surface area contributed by atoms with Crippen molar-refractivity contribution in [1.29, 1.82) is 0 Å². The van der Waals surface area contributed by atoms with Crippen molar-refractivity contribution in [3.05, 3.63) is 94.5 Å². The Bertz CT molecular complexity index is 881. The second kappa shape index (κ2) is 11.6. The van der Waals surface area contributed by atoms with Gasteiger partial charge in [-0.2, -0.15) is 27.8 Å². The number of fused-ring (bicyclic) bond motifs is 1. The van der Waals surface area contributed by atoms with Gasteiger partial charge >= 0.3 is 21.7 Å². The molecule has 0 aliphatic carbocycles. The van der Waals surface area contributed by atoms with Crippen molar-refractivity contribution >= 4 is 10.8 Å². The summed E-state index contributed by atoms with van der Waals surface area (Å²) in [6, 6.07) is 23.4. The molecule has 0 atom stereocenters. The van der Waals surface area contributed by atoms with Gasteiger partial charge in [0.25, 0.3) is 0 Å². The molecule has 0 fully saturated rings. The Hall–Kier alpha value is -1.31. The molecule has 28 heavy (non-hydrogen) atoms. The summed E-state index contributed by atoms with van der Waals surface area (Å²) in [6.45, 7) is 11.0. The fourth-order valence-corrected chi connectivity index (χ4v) is 3.35. The number of benzene rings is 2. The van der Waals surface area contributed by atoms with E-state index in [0.717, 1.165) is 0 Å². The van der Waals surface area contributed by atoms with Crippen LogP contribution in [0.2, 0.25) is 0 Å². The Balaban J connectivity index is 0.000000503. The van der Waals surface area contributed by atoms with Crippen molar-refractivity contribution in [3.8, 4) is 11.1 Å². The predicted octanol–water partition coefficient (Wildman–Crippen LogP) is 1.18. The van der Waals surface area contributed by atoms with Crippen molar-refractivity contribution in [2.24, 2.45) is 0 Å². The van der Waals surface area contributed by atoms with Crippen LogP contribution in [0.15, 0.2) is 66.7 Å². The third-order valence-electron chi connectivity index (χ3n) is 5.54. The Morgan fingerprint density at radius 2 is 1.21 bits per heavy atom. The van der Waals surface area contributed by atoms with Gasteiger partial charge in [-0.3, -0.25) is 0 Å². The molecule has 0 bridgehead atoms. The molecule has 0 unspecified atom stereocenters. The first-order valence-corrected chi connectivity index (χ1v) is 8.89. The average molecular weight is 445 g/mol. The van der Waals surface area contributed by atoms with E-state index in [4.69, 9.17) is 0 Å². The van der Waals surface area contributed by atoms with E-state index in [-0.39, 0.29) is 46.5 Å². The minimum Gasteiger partial charge on any atom is -1.00 e. The molecule has 4 aromatic carbocycles. The van der Waals surface area contributed by atoms with Gasteiger partial charge in [0.15, 0.2) is 0 Å². The van der Waals surface area contributed by atoms with E-state index in [0.29, 0.717) is 0 Å². The van der Waals surface area contributed by atoms with Gasteiger partial charge in [0.1, 0.15) is 0 Å². The smallest absolute Gasteiger partial charge is 1.00 e. The Morgan fingerprint density at radius 1 is 0.714 bits per heavy atom. The first-order valence-electron chi connectivity index (χ1n) is 8.89. The van der Waals surface area contributed by atoms with Crippen molar-refractivity contribution in [3.63, 3.8) is 0 Å². The SMILES string of the molecule is Cc1c(C)c(C)[c-](C)c1C.[Cl-].[Cl-].[Ti+4].c1ccc(-c2cc3ccccc3[cH-]2)cc1. The molecular weight excluding hydrogens is 419 g/mol. The maximum atomic E-state index is 2.24. The minimum atomic E-state index is 0. The van der Waals surface area contributed by atoms with Crippen LogP contribution in [0.5, 0.6) is 0 Å². The zero-order chi connectivity index (χ0) is 18.0. The van der Waals surface area contributed by atoms with Crippen molar-refractivity contribution < 1.29 is 46.5 Å². The van der Waals surface area contributed by atoms with Crippen LogP contribution in [0.4, 0.5) is 0 Å². The summed E-state index contributed by atoms with van der Waals surface area (Å²) in [7, 11) is 0. The Morgan fingerprint density at radius 3 is 1.68 bits per heavy atom.